The number of amides is 1. The molecule has 2 N–H and O–H groups in total. The zero-order valence-electron chi connectivity index (χ0n) is 14.2. The fourth-order valence-electron chi connectivity index (χ4n) is 2.79. The fourth-order valence-corrected chi connectivity index (χ4v) is 2.79. The molecule has 124 valence electrons. The van der Waals surface area contributed by atoms with Gasteiger partial charge in [-0.05, 0) is 12.1 Å². The van der Waals surface area contributed by atoms with Gasteiger partial charge in [-0.15, -0.1) is 0 Å². The van der Waals surface area contributed by atoms with Gasteiger partial charge in [0.2, 0.25) is 5.91 Å². The highest BCUT2D eigenvalue weighted by atomic mass is 16.2. The minimum absolute atomic E-state index is 0.00108. The molecule has 2 aromatic rings. The number of rotatable bonds is 6. The lowest BCUT2D eigenvalue weighted by molar-refractivity contribution is -0.865. The van der Waals surface area contributed by atoms with Crippen molar-refractivity contribution in [2.24, 2.45) is 5.41 Å². The van der Waals surface area contributed by atoms with Crippen LogP contribution in [-0.4, -0.2) is 42.6 Å². The standard InChI is InChI=1S/C17H24N4O2/c1-17(2,11-20(3)4)10-18-15(22)9-21-12-19-14-8-6-5-7-13(14)16(21)23/h5-8,12H,9-11H2,1-4H3,(H,18,22)/p+1. The number of benzene rings is 1. The summed E-state index contributed by atoms with van der Waals surface area (Å²) in [7, 11) is 4.17. The van der Waals surface area contributed by atoms with Gasteiger partial charge in [0.15, 0.2) is 0 Å². The van der Waals surface area contributed by atoms with Gasteiger partial charge >= 0.3 is 0 Å². The van der Waals surface area contributed by atoms with Gasteiger partial charge in [0.1, 0.15) is 6.54 Å². The summed E-state index contributed by atoms with van der Waals surface area (Å²) in [5.41, 5.74) is 0.452. The number of hydrogen-bond acceptors (Lipinski definition) is 3. The second kappa shape index (κ2) is 6.91. The molecule has 0 aliphatic rings. The van der Waals surface area contributed by atoms with E-state index < -0.39 is 0 Å². The summed E-state index contributed by atoms with van der Waals surface area (Å²) in [5.74, 6) is -0.175. The maximum Gasteiger partial charge on any atom is 0.261 e. The lowest BCUT2D eigenvalue weighted by Gasteiger charge is -2.26. The Morgan fingerprint density at radius 3 is 2.70 bits per heavy atom. The predicted octanol–water partition coefficient (Wildman–Crippen LogP) is -0.317. The first-order chi connectivity index (χ1) is 10.8. The molecule has 0 saturated heterocycles. The van der Waals surface area contributed by atoms with Crippen LogP contribution in [0.3, 0.4) is 0 Å². The van der Waals surface area contributed by atoms with Gasteiger partial charge in [-0.25, -0.2) is 4.98 Å². The molecule has 1 amide bonds. The van der Waals surface area contributed by atoms with Crippen LogP contribution < -0.4 is 15.8 Å². The van der Waals surface area contributed by atoms with Crippen molar-refractivity contribution in [1.82, 2.24) is 14.9 Å². The molecule has 0 saturated carbocycles. The molecule has 0 aliphatic carbocycles. The van der Waals surface area contributed by atoms with E-state index in [1.807, 2.05) is 6.07 Å². The first-order valence-electron chi connectivity index (χ1n) is 7.78. The summed E-state index contributed by atoms with van der Waals surface area (Å²) in [6.45, 7) is 5.74. The monoisotopic (exact) mass is 317 g/mol. The number of para-hydroxylation sites is 1. The molecule has 23 heavy (non-hydrogen) atoms. The van der Waals surface area contributed by atoms with Gasteiger partial charge in [-0.2, -0.15) is 0 Å². The lowest BCUT2D eigenvalue weighted by Crippen LogP contribution is -3.07. The number of carbonyl (C=O) groups is 1. The van der Waals surface area contributed by atoms with Crippen molar-refractivity contribution in [3.8, 4) is 0 Å². The molecule has 1 aromatic heterocycles. The van der Waals surface area contributed by atoms with E-state index in [0.717, 1.165) is 6.54 Å². The molecule has 0 fully saturated rings. The largest absolute Gasteiger partial charge is 0.354 e. The number of nitrogens with zero attached hydrogens (tertiary/aromatic N) is 2. The van der Waals surface area contributed by atoms with E-state index >= 15 is 0 Å². The highest BCUT2D eigenvalue weighted by molar-refractivity contribution is 5.78. The third kappa shape index (κ3) is 4.63. The molecular weight excluding hydrogens is 292 g/mol. The lowest BCUT2D eigenvalue weighted by atomic mass is 9.93. The Morgan fingerprint density at radius 1 is 1.30 bits per heavy atom. The Morgan fingerprint density at radius 2 is 2.00 bits per heavy atom. The van der Waals surface area contributed by atoms with Gasteiger partial charge in [-0.3, -0.25) is 14.2 Å². The Bertz CT molecular complexity index is 750. The molecule has 0 aliphatic heterocycles. The second-order valence-corrected chi connectivity index (χ2v) is 7.02. The van der Waals surface area contributed by atoms with Gasteiger partial charge in [0.05, 0.1) is 37.9 Å². The number of quaternary nitrogens is 1. The predicted molar refractivity (Wildman–Crippen MR) is 90.5 cm³/mol. The number of nitrogens with one attached hydrogen (secondary N) is 2. The summed E-state index contributed by atoms with van der Waals surface area (Å²) < 4.78 is 1.35. The summed E-state index contributed by atoms with van der Waals surface area (Å²) in [6.07, 6.45) is 1.43. The molecule has 1 heterocycles. The third-order valence-corrected chi connectivity index (χ3v) is 3.64. The zero-order valence-corrected chi connectivity index (χ0v) is 14.2. The van der Waals surface area contributed by atoms with Gasteiger partial charge in [-0.1, -0.05) is 26.0 Å². The summed E-state index contributed by atoms with van der Waals surface area (Å²) in [4.78, 5) is 30.0. The average Bonchev–Trinajstić information content (AvgIpc) is 2.47. The van der Waals surface area contributed by atoms with Crippen LogP contribution in [0, 0.1) is 5.41 Å². The number of carbonyl (C=O) groups excluding carboxylic acids is 1. The average molecular weight is 317 g/mol. The minimum Gasteiger partial charge on any atom is -0.354 e. The molecule has 1 aromatic carbocycles. The van der Waals surface area contributed by atoms with E-state index in [-0.39, 0.29) is 23.4 Å². The Balaban J connectivity index is 2.04. The Hall–Kier alpha value is -2.21. The van der Waals surface area contributed by atoms with E-state index in [1.54, 1.807) is 18.2 Å². The molecule has 0 atom stereocenters. The van der Waals surface area contributed by atoms with Crippen molar-refractivity contribution >= 4 is 16.8 Å². The van der Waals surface area contributed by atoms with Crippen LogP contribution in [0.4, 0.5) is 0 Å². The SMILES string of the molecule is C[NH+](C)CC(C)(C)CNC(=O)Cn1cnc2ccccc2c1=O. The quantitative estimate of drug-likeness (QED) is 0.767. The first-order valence-corrected chi connectivity index (χ1v) is 7.78. The second-order valence-electron chi connectivity index (χ2n) is 7.02. The maximum atomic E-state index is 12.4. The molecule has 0 bridgehead atoms. The van der Waals surface area contributed by atoms with Crippen molar-refractivity contribution < 1.29 is 9.69 Å². The van der Waals surface area contributed by atoms with E-state index in [0.29, 0.717) is 17.4 Å². The third-order valence-electron chi connectivity index (χ3n) is 3.64. The van der Waals surface area contributed by atoms with Crippen LogP contribution in [0.25, 0.3) is 10.9 Å². The van der Waals surface area contributed by atoms with Crippen molar-refractivity contribution in [3.63, 3.8) is 0 Å². The van der Waals surface area contributed by atoms with Crippen molar-refractivity contribution in [2.75, 3.05) is 27.2 Å². The van der Waals surface area contributed by atoms with Crippen molar-refractivity contribution in [2.45, 2.75) is 20.4 Å². The molecule has 0 unspecified atom stereocenters. The normalized spacial score (nSPS) is 11.9. The molecule has 0 radical (unpaired) electrons. The van der Waals surface area contributed by atoms with Gasteiger partial charge in [0, 0.05) is 12.0 Å². The summed E-state index contributed by atoms with van der Waals surface area (Å²) in [6, 6.07) is 7.14. The summed E-state index contributed by atoms with van der Waals surface area (Å²) in [5, 5.41) is 3.44. The topological polar surface area (TPSA) is 68.4 Å². The minimum atomic E-state index is -0.192. The number of aromatic nitrogens is 2. The van der Waals surface area contributed by atoms with E-state index in [4.69, 9.17) is 0 Å². The summed E-state index contributed by atoms with van der Waals surface area (Å²) >= 11 is 0. The van der Waals surface area contributed by atoms with Crippen LogP contribution in [0.15, 0.2) is 35.4 Å². The maximum absolute atomic E-state index is 12.4. The van der Waals surface area contributed by atoms with Gasteiger partial charge < -0.3 is 10.2 Å². The van der Waals surface area contributed by atoms with Crippen LogP contribution in [0.5, 0.6) is 0 Å². The molecule has 2 rings (SSSR count). The number of fused-ring (bicyclic) bond motifs is 1. The fraction of sp³-hybridized carbons (Fsp3) is 0.471. The van der Waals surface area contributed by atoms with Crippen LogP contribution in [0.1, 0.15) is 13.8 Å². The Labute approximate surface area is 136 Å². The van der Waals surface area contributed by atoms with Crippen molar-refractivity contribution in [1.29, 1.82) is 0 Å². The molecule has 0 spiro atoms. The Kier molecular flexibility index (Phi) is 5.15. The first kappa shape index (κ1) is 17.1. The smallest absolute Gasteiger partial charge is 0.261 e. The molecular formula is C17H25N4O2+. The molecule has 6 heteroatoms. The van der Waals surface area contributed by atoms with E-state index in [2.05, 4.69) is 38.2 Å². The molecule has 6 nitrogen and oxygen atoms in total. The highest BCUT2D eigenvalue weighted by Gasteiger charge is 2.22. The van der Waals surface area contributed by atoms with E-state index in [1.165, 1.54) is 15.8 Å². The van der Waals surface area contributed by atoms with E-state index in [9.17, 15) is 9.59 Å². The van der Waals surface area contributed by atoms with Crippen LogP contribution in [0.2, 0.25) is 0 Å². The zero-order chi connectivity index (χ0) is 17.0. The van der Waals surface area contributed by atoms with Crippen LogP contribution >= 0.6 is 0 Å². The van der Waals surface area contributed by atoms with Crippen molar-refractivity contribution in [3.05, 3.63) is 40.9 Å². The van der Waals surface area contributed by atoms with Gasteiger partial charge in [0.25, 0.3) is 5.56 Å². The highest BCUT2D eigenvalue weighted by Crippen LogP contribution is 2.10. The number of hydrogen-bond donors (Lipinski definition) is 2. The van der Waals surface area contributed by atoms with Crippen LogP contribution in [-0.2, 0) is 11.3 Å².